The van der Waals surface area contributed by atoms with E-state index in [0.29, 0.717) is 0 Å². The number of imidazole rings is 1. The van der Waals surface area contributed by atoms with E-state index in [1.54, 1.807) is 0 Å². The number of hydrogen-bond acceptors (Lipinski definition) is 1. The summed E-state index contributed by atoms with van der Waals surface area (Å²) in [7, 11) is 0. The summed E-state index contributed by atoms with van der Waals surface area (Å²) in [5.41, 5.74) is 3.61. The Morgan fingerprint density at radius 1 is 0.944 bits per heavy atom. The number of para-hydroxylation sites is 2. The van der Waals surface area contributed by atoms with E-state index in [1.807, 2.05) is 12.4 Å². The van der Waals surface area contributed by atoms with Gasteiger partial charge in [0.15, 0.2) is 0 Å². The molecule has 1 atom stereocenters. The number of rotatable bonds is 1. The molecule has 2 aromatic carbocycles. The largest absolute Gasteiger partial charge is 0.286 e. The highest BCUT2D eigenvalue weighted by Crippen LogP contribution is 2.48. The standard InChI is InChI=1S/C15H12N2S/c1-4-8-15-12(5-1)9-10-18(15)17-11-16-13-6-2-3-7-14(13)17/h1-11,18H. The summed E-state index contributed by atoms with van der Waals surface area (Å²) in [5, 5.41) is 2.30. The molecule has 1 aliphatic heterocycles. The summed E-state index contributed by atoms with van der Waals surface area (Å²) in [4.78, 5) is 5.89. The van der Waals surface area contributed by atoms with Crippen molar-refractivity contribution in [2.75, 3.05) is 0 Å². The molecular formula is C15H12N2S. The first-order valence-corrected chi connectivity index (χ1v) is 7.29. The van der Waals surface area contributed by atoms with Gasteiger partial charge in [-0.2, -0.15) is 0 Å². The van der Waals surface area contributed by atoms with E-state index in [2.05, 4.69) is 62.9 Å². The molecule has 88 valence electrons. The Labute approximate surface area is 108 Å². The quantitative estimate of drug-likeness (QED) is 0.651. The Bertz CT molecular complexity index is 758. The Kier molecular flexibility index (Phi) is 2.08. The van der Waals surface area contributed by atoms with Crippen LogP contribution in [-0.4, -0.2) is 8.96 Å². The zero-order valence-electron chi connectivity index (χ0n) is 9.69. The maximum Gasteiger partial charge on any atom is 0.105 e. The van der Waals surface area contributed by atoms with Crippen LogP contribution < -0.4 is 0 Å². The van der Waals surface area contributed by atoms with Crippen LogP contribution in [0.4, 0.5) is 0 Å². The fourth-order valence-electron chi connectivity index (χ4n) is 2.37. The molecule has 2 heterocycles. The van der Waals surface area contributed by atoms with Crippen molar-refractivity contribution in [3.05, 3.63) is 65.8 Å². The van der Waals surface area contributed by atoms with Crippen LogP contribution >= 0.6 is 11.1 Å². The predicted molar refractivity (Wildman–Crippen MR) is 77.9 cm³/mol. The molecule has 1 aromatic heterocycles. The van der Waals surface area contributed by atoms with E-state index in [9.17, 15) is 0 Å². The van der Waals surface area contributed by atoms with Gasteiger partial charge in [-0.05, 0) is 35.2 Å². The topological polar surface area (TPSA) is 17.8 Å². The Morgan fingerprint density at radius 3 is 2.78 bits per heavy atom. The molecule has 1 aliphatic rings. The molecule has 0 amide bonds. The Hall–Kier alpha value is -2.00. The van der Waals surface area contributed by atoms with Gasteiger partial charge in [0.05, 0.1) is 11.0 Å². The van der Waals surface area contributed by atoms with Gasteiger partial charge in [0.25, 0.3) is 0 Å². The van der Waals surface area contributed by atoms with Gasteiger partial charge >= 0.3 is 0 Å². The molecule has 18 heavy (non-hydrogen) atoms. The zero-order chi connectivity index (χ0) is 11.9. The van der Waals surface area contributed by atoms with E-state index >= 15 is 0 Å². The lowest BCUT2D eigenvalue weighted by Crippen LogP contribution is -1.91. The summed E-state index contributed by atoms with van der Waals surface area (Å²) in [6.45, 7) is 0. The van der Waals surface area contributed by atoms with E-state index < -0.39 is 11.1 Å². The maximum atomic E-state index is 4.48. The van der Waals surface area contributed by atoms with Crippen molar-refractivity contribution in [1.82, 2.24) is 8.96 Å². The summed E-state index contributed by atoms with van der Waals surface area (Å²) >= 11 is -0.445. The Balaban J connectivity index is 1.93. The van der Waals surface area contributed by atoms with Crippen molar-refractivity contribution in [2.24, 2.45) is 0 Å². The lowest BCUT2D eigenvalue weighted by molar-refractivity contribution is 1.24. The van der Waals surface area contributed by atoms with Crippen molar-refractivity contribution in [3.8, 4) is 0 Å². The summed E-state index contributed by atoms with van der Waals surface area (Å²) in [6, 6.07) is 16.9. The number of hydrogen-bond donors (Lipinski definition) is 1. The predicted octanol–water partition coefficient (Wildman–Crippen LogP) is 3.84. The monoisotopic (exact) mass is 252 g/mol. The maximum absolute atomic E-state index is 4.48. The molecule has 0 N–H and O–H groups in total. The number of aromatic nitrogens is 2. The molecule has 4 rings (SSSR count). The average Bonchev–Trinajstić information content (AvgIpc) is 3.01. The smallest absolute Gasteiger partial charge is 0.105 e. The van der Waals surface area contributed by atoms with Gasteiger partial charge in [-0.1, -0.05) is 30.3 Å². The SMILES string of the molecule is C1=C[SH](n2cnc3ccccc32)c2ccccc21. The molecule has 0 saturated heterocycles. The van der Waals surface area contributed by atoms with Crippen molar-refractivity contribution in [2.45, 2.75) is 4.90 Å². The van der Waals surface area contributed by atoms with Gasteiger partial charge in [-0.25, -0.2) is 4.98 Å². The molecular weight excluding hydrogens is 240 g/mol. The molecule has 0 fully saturated rings. The zero-order valence-corrected chi connectivity index (χ0v) is 10.6. The molecule has 3 aromatic rings. The lowest BCUT2D eigenvalue weighted by atomic mass is 10.2. The summed E-state index contributed by atoms with van der Waals surface area (Å²) in [5.74, 6) is 0. The van der Waals surface area contributed by atoms with Crippen molar-refractivity contribution in [1.29, 1.82) is 0 Å². The minimum absolute atomic E-state index is 0.445. The van der Waals surface area contributed by atoms with E-state index in [-0.39, 0.29) is 0 Å². The van der Waals surface area contributed by atoms with E-state index in [4.69, 9.17) is 0 Å². The van der Waals surface area contributed by atoms with Crippen LogP contribution in [-0.2, 0) is 0 Å². The number of fused-ring (bicyclic) bond motifs is 2. The van der Waals surface area contributed by atoms with Gasteiger partial charge in [0.2, 0.25) is 0 Å². The fourth-order valence-corrected chi connectivity index (χ4v) is 4.43. The Morgan fingerprint density at radius 2 is 1.78 bits per heavy atom. The number of thiol groups is 1. The third-order valence-corrected chi connectivity index (χ3v) is 5.36. The molecule has 0 bridgehead atoms. The van der Waals surface area contributed by atoms with Crippen LogP contribution in [0.1, 0.15) is 5.56 Å². The summed E-state index contributed by atoms with van der Waals surface area (Å²) < 4.78 is 2.30. The van der Waals surface area contributed by atoms with Gasteiger partial charge in [-0.3, -0.25) is 3.97 Å². The number of benzene rings is 2. The molecule has 3 heteroatoms. The highest BCUT2D eigenvalue weighted by Gasteiger charge is 2.16. The van der Waals surface area contributed by atoms with Gasteiger partial charge < -0.3 is 0 Å². The second-order valence-corrected chi connectivity index (χ2v) is 6.20. The lowest BCUT2D eigenvalue weighted by Gasteiger charge is -2.17. The third kappa shape index (κ3) is 1.34. The number of nitrogens with zero attached hydrogens (tertiary/aromatic N) is 2. The molecule has 0 saturated carbocycles. The highest BCUT2D eigenvalue weighted by molar-refractivity contribution is 8.18. The minimum Gasteiger partial charge on any atom is -0.286 e. The van der Waals surface area contributed by atoms with Crippen molar-refractivity contribution in [3.63, 3.8) is 0 Å². The first-order chi connectivity index (χ1) is 8.93. The van der Waals surface area contributed by atoms with Gasteiger partial charge in [-0.15, -0.1) is 11.1 Å². The molecule has 0 spiro atoms. The minimum atomic E-state index is -0.445. The highest BCUT2D eigenvalue weighted by atomic mass is 32.2. The molecule has 1 unspecified atom stereocenters. The van der Waals surface area contributed by atoms with Crippen molar-refractivity contribution < 1.29 is 0 Å². The van der Waals surface area contributed by atoms with Crippen LogP contribution in [0.2, 0.25) is 0 Å². The second-order valence-electron chi connectivity index (χ2n) is 4.30. The average molecular weight is 252 g/mol. The first-order valence-electron chi connectivity index (χ1n) is 5.92. The van der Waals surface area contributed by atoms with Gasteiger partial charge in [0.1, 0.15) is 6.33 Å². The second kappa shape index (κ2) is 3.75. The van der Waals surface area contributed by atoms with E-state index in [1.165, 1.54) is 16.0 Å². The van der Waals surface area contributed by atoms with Crippen LogP contribution in [0, 0.1) is 0 Å². The molecule has 2 nitrogen and oxygen atoms in total. The summed E-state index contributed by atoms with van der Waals surface area (Å²) in [6.07, 6.45) is 4.18. The van der Waals surface area contributed by atoms with Crippen LogP contribution in [0.3, 0.4) is 0 Å². The van der Waals surface area contributed by atoms with Crippen LogP contribution in [0.15, 0.2) is 65.2 Å². The molecule has 0 aliphatic carbocycles. The first kappa shape index (κ1) is 9.97. The van der Waals surface area contributed by atoms with Gasteiger partial charge in [0, 0.05) is 4.90 Å². The third-order valence-electron chi connectivity index (χ3n) is 3.25. The molecule has 0 radical (unpaired) electrons. The fraction of sp³-hybridized carbons (Fsp3) is 0. The van der Waals surface area contributed by atoms with Crippen LogP contribution in [0.25, 0.3) is 17.1 Å². The van der Waals surface area contributed by atoms with E-state index in [0.717, 1.165) is 5.52 Å². The van der Waals surface area contributed by atoms with Crippen LogP contribution in [0.5, 0.6) is 0 Å². The van der Waals surface area contributed by atoms with Crippen molar-refractivity contribution >= 4 is 28.2 Å². The normalized spacial score (nSPS) is 19.2.